The molecule has 8 heteroatoms. The molecule has 4 rings (SSSR count). The van der Waals surface area contributed by atoms with Crippen LogP contribution in [0, 0.1) is 5.82 Å². The molecule has 174 valence electrons. The fraction of sp³-hybridized carbons (Fsp3) is 0.192. The van der Waals surface area contributed by atoms with Crippen LogP contribution in [-0.4, -0.2) is 42.3 Å². The van der Waals surface area contributed by atoms with Crippen LogP contribution in [0.1, 0.15) is 22.3 Å². The van der Waals surface area contributed by atoms with Gasteiger partial charge in [-0.3, -0.25) is 14.4 Å². The van der Waals surface area contributed by atoms with Crippen molar-refractivity contribution in [3.8, 4) is 5.75 Å². The number of carbonyl (C=O) groups is 3. The van der Waals surface area contributed by atoms with E-state index < -0.39 is 23.7 Å². The number of hydrogen-bond acceptors (Lipinski definition) is 4. The maximum atomic E-state index is 13.4. The summed E-state index contributed by atoms with van der Waals surface area (Å²) in [5.41, 5.74) is 1.58. The van der Waals surface area contributed by atoms with E-state index in [1.165, 1.54) is 29.2 Å². The first-order valence-corrected chi connectivity index (χ1v) is 11.1. The second-order valence-corrected chi connectivity index (χ2v) is 8.30. The molecule has 0 bridgehead atoms. The molecule has 3 aromatic rings. The molecule has 0 aromatic heterocycles. The van der Waals surface area contributed by atoms with Gasteiger partial charge in [0.1, 0.15) is 17.6 Å². The first-order chi connectivity index (χ1) is 16.4. The minimum atomic E-state index is -0.973. The SMILES string of the molecule is COc1ccc(CCN(C(=O)c2ccc(Cl)cc2)[C@H]2CC(=O)N(c3ccc(F)cc3)C2=O)cc1. The van der Waals surface area contributed by atoms with Crippen LogP contribution >= 0.6 is 11.6 Å². The monoisotopic (exact) mass is 480 g/mol. The summed E-state index contributed by atoms with van der Waals surface area (Å²) in [4.78, 5) is 42.0. The lowest BCUT2D eigenvalue weighted by Crippen LogP contribution is -2.46. The van der Waals surface area contributed by atoms with Crippen molar-refractivity contribution in [2.45, 2.75) is 18.9 Å². The zero-order valence-electron chi connectivity index (χ0n) is 18.4. The minimum absolute atomic E-state index is 0.155. The molecule has 1 heterocycles. The first-order valence-electron chi connectivity index (χ1n) is 10.7. The van der Waals surface area contributed by atoms with Crippen LogP contribution in [0.3, 0.4) is 0 Å². The number of rotatable bonds is 7. The Labute approximate surface area is 201 Å². The molecule has 0 unspecified atom stereocenters. The average molecular weight is 481 g/mol. The zero-order chi connectivity index (χ0) is 24.2. The zero-order valence-corrected chi connectivity index (χ0v) is 19.2. The van der Waals surface area contributed by atoms with Gasteiger partial charge in [0.15, 0.2) is 0 Å². The number of ether oxygens (including phenoxy) is 1. The van der Waals surface area contributed by atoms with Gasteiger partial charge in [-0.05, 0) is 72.6 Å². The van der Waals surface area contributed by atoms with Gasteiger partial charge in [-0.15, -0.1) is 0 Å². The molecule has 1 aliphatic rings. The van der Waals surface area contributed by atoms with Crippen LogP contribution in [0.4, 0.5) is 10.1 Å². The molecule has 0 saturated carbocycles. The van der Waals surface area contributed by atoms with E-state index in [0.29, 0.717) is 22.8 Å². The highest BCUT2D eigenvalue weighted by molar-refractivity contribution is 6.30. The van der Waals surface area contributed by atoms with Crippen molar-refractivity contribution in [2.75, 3.05) is 18.6 Å². The van der Waals surface area contributed by atoms with E-state index in [4.69, 9.17) is 16.3 Å². The summed E-state index contributed by atoms with van der Waals surface area (Å²) in [6, 6.07) is 17.9. The molecule has 3 aromatic carbocycles. The number of hydrogen-bond donors (Lipinski definition) is 0. The third-order valence-electron chi connectivity index (χ3n) is 5.74. The lowest BCUT2D eigenvalue weighted by Gasteiger charge is -2.28. The van der Waals surface area contributed by atoms with Crippen LogP contribution in [0.15, 0.2) is 72.8 Å². The Balaban J connectivity index is 1.61. The molecule has 1 saturated heterocycles. The molecule has 1 fully saturated rings. The molecule has 0 radical (unpaired) electrons. The van der Waals surface area contributed by atoms with Crippen molar-refractivity contribution in [1.82, 2.24) is 4.90 Å². The minimum Gasteiger partial charge on any atom is -0.497 e. The van der Waals surface area contributed by atoms with E-state index in [1.54, 1.807) is 31.4 Å². The summed E-state index contributed by atoms with van der Waals surface area (Å²) in [7, 11) is 1.58. The van der Waals surface area contributed by atoms with E-state index in [0.717, 1.165) is 10.5 Å². The number of anilines is 1. The Kier molecular flexibility index (Phi) is 6.93. The first kappa shape index (κ1) is 23.4. The predicted molar refractivity (Wildman–Crippen MR) is 126 cm³/mol. The molecule has 34 heavy (non-hydrogen) atoms. The van der Waals surface area contributed by atoms with Gasteiger partial charge in [-0.1, -0.05) is 23.7 Å². The summed E-state index contributed by atoms with van der Waals surface area (Å²) in [5.74, 6) is -1.10. The normalized spacial score (nSPS) is 15.5. The van der Waals surface area contributed by atoms with E-state index in [9.17, 15) is 18.8 Å². The summed E-state index contributed by atoms with van der Waals surface area (Å²) in [6.07, 6.45) is 0.315. The topological polar surface area (TPSA) is 66.9 Å². The van der Waals surface area contributed by atoms with Crippen molar-refractivity contribution in [3.05, 3.63) is 94.8 Å². The van der Waals surface area contributed by atoms with Crippen LogP contribution in [0.25, 0.3) is 0 Å². The summed E-state index contributed by atoms with van der Waals surface area (Å²) >= 11 is 5.96. The molecular weight excluding hydrogens is 459 g/mol. The number of imide groups is 1. The Morgan fingerprint density at radius 1 is 1.03 bits per heavy atom. The molecule has 1 aliphatic heterocycles. The van der Waals surface area contributed by atoms with E-state index >= 15 is 0 Å². The lowest BCUT2D eigenvalue weighted by atomic mass is 10.1. The van der Waals surface area contributed by atoms with Gasteiger partial charge < -0.3 is 9.64 Å². The fourth-order valence-corrected chi connectivity index (χ4v) is 4.05. The maximum Gasteiger partial charge on any atom is 0.257 e. The van der Waals surface area contributed by atoms with Crippen molar-refractivity contribution in [1.29, 1.82) is 0 Å². The van der Waals surface area contributed by atoms with Gasteiger partial charge in [0.05, 0.1) is 19.2 Å². The summed E-state index contributed by atoms with van der Waals surface area (Å²) in [5, 5.41) is 0.482. The third kappa shape index (κ3) is 4.94. The Morgan fingerprint density at radius 3 is 2.29 bits per heavy atom. The highest BCUT2D eigenvalue weighted by Gasteiger charge is 2.44. The second kappa shape index (κ2) is 10.1. The van der Waals surface area contributed by atoms with E-state index in [-0.39, 0.29) is 24.6 Å². The maximum absolute atomic E-state index is 13.4. The molecule has 1 atom stereocenters. The largest absolute Gasteiger partial charge is 0.497 e. The number of benzene rings is 3. The van der Waals surface area contributed by atoms with Gasteiger partial charge in [0, 0.05) is 17.1 Å². The van der Waals surface area contributed by atoms with E-state index in [2.05, 4.69) is 0 Å². The summed E-state index contributed by atoms with van der Waals surface area (Å²) < 4.78 is 18.5. The standard InChI is InChI=1S/C26H22ClFN2O4/c1-34-22-12-2-17(3-13-22)14-15-29(25(32)18-4-6-19(27)7-5-18)23-16-24(31)30(26(23)33)21-10-8-20(28)9-11-21/h2-13,23H,14-16H2,1H3/t23-/m0/s1. The van der Waals surface area contributed by atoms with Gasteiger partial charge in [-0.25, -0.2) is 9.29 Å². The predicted octanol–water partition coefficient (Wildman–Crippen LogP) is 4.50. The Morgan fingerprint density at radius 2 is 1.68 bits per heavy atom. The van der Waals surface area contributed by atoms with Gasteiger partial charge >= 0.3 is 0 Å². The van der Waals surface area contributed by atoms with Crippen molar-refractivity contribution >= 4 is 35.0 Å². The summed E-state index contributed by atoms with van der Waals surface area (Å²) in [6.45, 7) is 0.217. The number of halogens is 2. The number of amides is 3. The van der Waals surface area contributed by atoms with E-state index in [1.807, 2.05) is 24.3 Å². The molecule has 6 nitrogen and oxygen atoms in total. The smallest absolute Gasteiger partial charge is 0.257 e. The van der Waals surface area contributed by atoms with Crippen molar-refractivity contribution < 1.29 is 23.5 Å². The van der Waals surface area contributed by atoms with Crippen LogP contribution in [-0.2, 0) is 16.0 Å². The van der Waals surface area contributed by atoms with Gasteiger partial charge in [0.25, 0.3) is 11.8 Å². The van der Waals surface area contributed by atoms with Crippen molar-refractivity contribution in [2.24, 2.45) is 0 Å². The fourth-order valence-electron chi connectivity index (χ4n) is 3.92. The van der Waals surface area contributed by atoms with Crippen LogP contribution < -0.4 is 9.64 Å². The van der Waals surface area contributed by atoms with Crippen molar-refractivity contribution in [3.63, 3.8) is 0 Å². The number of methoxy groups -OCH3 is 1. The highest BCUT2D eigenvalue weighted by Crippen LogP contribution is 2.27. The Bertz CT molecular complexity index is 1200. The average Bonchev–Trinajstić information content (AvgIpc) is 3.14. The van der Waals surface area contributed by atoms with Gasteiger partial charge in [-0.2, -0.15) is 0 Å². The van der Waals surface area contributed by atoms with Gasteiger partial charge in [0.2, 0.25) is 5.91 Å². The van der Waals surface area contributed by atoms with Crippen LogP contribution in [0.5, 0.6) is 5.75 Å². The lowest BCUT2D eigenvalue weighted by molar-refractivity contribution is -0.122. The Hall–Kier alpha value is -3.71. The molecular formula is C26H22ClFN2O4. The molecule has 3 amide bonds. The highest BCUT2D eigenvalue weighted by atomic mass is 35.5. The third-order valence-corrected chi connectivity index (χ3v) is 5.99. The molecule has 0 spiro atoms. The van der Waals surface area contributed by atoms with Crippen LogP contribution in [0.2, 0.25) is 5.02 Å². The second-order valence-electron chi connectivity index (χ2n) is 7.87. The quantitative estimate of drug-likeness (QED) is 0.467. The number of nitrogens with zero attached hydrogens (tertiary/aromatic N) is 2. The number of carbonyl (C=O) groups excluding carboxylic acids is 3. The molecule has 0 aliphatic carbocycles. The molecule has 0 N–H and O–H groups in total.